The highest BCUT2D eigenvalue weighted by atomic mass is 35.5. The zero-order valence-electron chi connectivity index (χ0n) is 7.37. The van der Waals surface area contributed by atoms with Gasteiger partial charge in [-0.25, -0.2) is 4.79 Å². The Bertz CT molecular complexity index is 513. The minimum absolute atomic E-state index is 0.153. The van der Waals surface area contributed by atoms with Crippen LogP contribution in [-0.4, -0.2) is 11.1 Å². The number of carbonyl (C=O) groups is 1. The summed E-state index contributed by atoms with van der Waals surface area (Å²) in [6, 6.07) is 3.46. The van der Waals surface area contributed by atoms with Crippen LogP contribution in [0.15, 0.2) is 22.8 Å². The van der Waals surface area contributed by atoms with E-state index in [1.807, 2.05) is 6.92 Å². The number of carboxylic acids is 1. The standard InChI is InChI=1S/C10H7ClO3/c1-5-2-3-7(11)9-8(5)6(4-14-9)10(12)13/h2-4H,1H3,(H,12,13). The first-order valence-electron chi connectivity index (χ1n) is 4.01. The second kappa shape index (κ2) is 3.03. The average molecular weight is 211 g/mol. The van der Waals surface area contributed by atoms with Gasteiger partial charge in [-0.15, -0.1) is 0 Å². The van der Waals surface area contributed by atoms with Crippen molar-refractivity contribution in [3.8, 4) is 0 Å². The molecule has 1 heterocycles. The fraction of sp³-hybridized carbons (Fsp3) is 0.100. The summed E-state index contributed by atoms with van der Waals surface area (Å²) in [4.78, 5) is 10.8. The molecule has 0 fully saturated rings. The van der Waals surface area contributed by atoms with Crippen LogP contribution in [0.3, 0.4) is 0 Å². The van der Waals surface area contributed by atoms with E-state index in [-0.39, 0.29) is 5.56 Å². The number of aryl methyl sites for hydroxylation is 1. The van der Waals surface area contributed by atoms with Crippen LogP contribution in [0.4, 0.5) is 0 Å². The number of fused-ring (bicyclic) bond motifs is 1. The number of hydrogen-bond acceptors (Lipinski definition) is 2. The second-order valence-electron chi connectivity index (χ2n) is 3.02. The molecule has 4 heteroatoms. The number of furan rings is 1. The summed E-state index contributed by atoms with van der Waals surface area (Å²) >= 11 is 5.86. The van der Waals surface area contributed by atoms with Crippen molar-refractivity contribution in [1.29, 1.82) is 0 Å². The number of halogens is 1. The maximum atomic E-state index is 10.8. The Kier molecular flexibility index (Phi) is 1.97. The summed E-state index contributed by atoms with van der Waals surface area (Å²) in [5.41, 5.74) is 1.43. The van der Waals surface area contributed by atoms with Gasteiger partial charge >= 0.3 is 5.97 Å². The summed E-state index contributed by atoms with van der Waals surface area (Å²) in [5.74, 6) is -1.01. The molecule has 0 radical (unpaired) electrons. The van der Waals surface area contributed by atoms with Crippen LogP contribution in [0.25, 0.3) is 11.0 Å². The van der Waals surface area contributed by atoms with Gasteiger partial charge in [-0.1, -0.05) is 17.7 Å². The van der Waals surface area contributed by atoms with Gasteiger partial charge in [-0.05, 0) is 18.6 Å². The minimum atomic E-state index is -1.01. The molecule has 0 saturated heterocycles. The van der Waals surface area contributed by atoms with E-state index in [9.17, 15) is 4.79 Å². The van der Waals surface area contributed by atoms with Crippen molar-refractivity contribution < 1.29 is 14.3 Å². The quantitative estimate of drug-likeness (QED) is 0.787. The molecule has 1 aromatic heterocycles. The van der Waals surface area contributed by atoms with Gasteiger partial charge in [0.1, 0.15) is 11.8 Å². The molecule has 14 heavy (non-hydrogen) atoms. The molecule has 0 amide bonds. The van der Waals surface area contributed by atoms with Crippen LogP contribution in [0, 0.1) is 6.92 Å². The normalized spacial score (nSPS) is 10.7. The highest BCUT2D eigenvalue weighted by Gasteiger charge is 2.16. The van der Waals surface area contributed by atoms with E-state index >= 15 is 0 Å². The van der Waals surface area contributed by atoms with Gasteiger partial charge in [-0.2, -0.15) is 0 Å². The van der Waals surface area contributed by atoms with Gasteiger partial charge in [-0.3, -0.25) is 0 Å². The molecule has 0 aliphatic rings. The second-order valence-corrected chi connectivity index (χ2v) is 3.43. The molecule has 1 N–H and O–H groups in total. The molecule has 0 aliphatic heterocycles. The molecule has 0 atom stereocenters. The van der Waals surface area contributed by atoms with Crippen molar-refractivity contribution in [3.63, 3.8) is 0 Å². The monoisotopic (exact) mass is 210 g/mol. The largest absolute Gasteiger partial charge is 0.478 e. The summed E-state index contributed by atoms with van der Waals surface area (Å²) < 4.78 is 5.11. The minimum Gasteiger partial charge on any atom is -0.478 e. The van der Waals surface area contributed by atoms with Gasteiger partial charge in [0.05, 0.1) is 5.02 Å². The third-order valence-electron chi connectivity index (χ3n) is 2.11. The topological polar surface area (TPSA) is 50.4 Å². The lowest BCUT2D eigenvalue weighted by atomic mass is 10.1. The van der Waals surface area contributed by atoms with Gasteiger partial charge in [0.25, 0.3) is 0 Å². The molecule has 0 bridgehead atoms. The molecule has 0 saturated carbocycles. The first-order chi connectivity index (χ1) is 6.61. The van der Waals surface area contributed by atoms with Crippen molar-refractivity contribution in [2.75, 3.05) is 0 Å². The molecule has 3 nitrogen and oxygen atoms in total. The maximum absolute atomic E-state index is 10.8. The van der Waals surface area contributed by atoms with E-state index in [1.54, 1.807) is 12.1 Å². The highest BCUT2D eigenvalue weighted by molar-refractivity contribution is 6.35. The van der Waals surface area contributed by atoms with Crippen molar-refractivity contribution >= 4 is 28.5 Å². The number of hydrogen-bond donors (Lipinski definition) is 1. The third-order valence-corrected chi connectivity index (χ3v) is 2.41. The molecule has 2 aromatic rings. The van der Waals surface area contributed by atoms with Crippen molar-refractivity contribution in [2.24, 2.45) is 0 Å². The van der Waals surface area contributed by atoms with E-state index in [0.29, 0.717) is 16.0 Å². The predicted octanol–water partition coefficient (Wildman–Crippen LogP) is 3.09. The first kappa shape index (κ1) is 9.09. The Morgan fingerprint density at radius 2 is 2.21 bits per heavy atom. The van der Waals surface area contributed by atoms with E-state index in [1.165, 1.54) is 6.26 Å². The molecule has 0 spiro atoms. The lowest BCUT2D eigenvalue weighted by Gasteiger charge is -1.97. The Labute approximate surface area is 84.9 Å². The van der Waals surface area contributed by atoms with Crippen LogP contribution >= 0.6 is 11.6 Å². The third kappa shape index (κ3) is 1.17. The fourth-order valence-corrected chi connectivity index (χ4v) is 1.64. The highest BCUT2D eigenvalue weighted by Crippen LogP contribution is 2.30. The van der Waals surface area contributed by atoms with Crippen LogP contribution in [-0.2, 0) is 0 Å². The van der Waals surface area contributed by atoms with Crippen molar-refractivity contribution in [3.05, 3.63) is 34.5 Å². The molecule has 1 aromatic carbocycles. The summed E-state index contributed by atoms with van der Waals surface area (Å²) in [6.45, 7) is 1.82. The lowest BCUT2D eigenvalue weighted by Crippen LogP contribution is -1.94. The summed E-state index contributed by atoms with van der Waals surface area (Å²) in [5, 5.41) is 9.89. The van der Waals surface area contributed by atoms with E-state index in [4.69, 9.17) is 21.1 Å². The van der Waals surface area contributed by atoms with Gasteiger partial charge in [0.2, 0.25) is 0 Å². The van der Waals surface area contributed by atoms with Crippen LogP contribution in [0.2, 0.25) is 5.02 Å². The van der Waals surface area contributed by atoms with Crippen molar-refractivity contribution in [1.82, 2.24) is 0 Å². The van der Waals surface area contributed by atoms with E-state index in [2.05, 4.69) is 0 Å². The smallest absolute Gasteiger partial charge is 0.339 e. The molecule has 72 valence electrons. The molecular formula is C10H7ClO3. The fourth-order valence-electron chi connectivity index (χ4n) is 1.44. The molecule has 2 rings (SSSR count). The van der Waals surface area contributed by atoms with Gasteiger partial charge < -0.3 is 9.52 Å². The Hall–Kier alpha value is -1.48. The summed E-state index contributed by atoms with van der Waals surface area (Å²) in [7, 11) is 0. The summed E-state index contributed by atoms with van der Waals surface area (Å²) in [6.07, 6.45) is 1.21. The van der Waals surface area contributed by atoms with Crippen LogP contribution in [0.1, 0.15) is 15.9 Å². The number of benzene rings is 1. The zero-order chi connectivity index (χ0) is 10.3. The number of rotatable bonds is 1. The Morgan fingerprint density at radius 3 is 2.86 bits per heavy atom. The van der Waals surface area contributed by atoms with Crippen LogP contribution < -0.4 is 0 Å². The maximum Gasteiger partial charge on any atom is 0.339 e. The Morgan fingerprint density at radius 1 is 1.50 bits per heavy atom. The van der Waals surface area contributed by atoms with Gasteiger partial charge in [0, 0.05) is 5.39 Å². The average Bonchev–Trinajstić information content (AvgIpc) is 2.56. The van der Waals surface area contributed by atoms with E-state index in [0.717, 1.165) is 5.56 Å². The lowest BCUT2D eigenvalue weighted by molar-refractivity contribution is 0.0698. The Balaban J connectivity index is 2.90. The number of carboxylic acid groups (broad SMARTS) is 1. The molecule has 0 aliphatic carbocycles. The molecular weight excluding hydrogens is 204 g/mol. The van der Waals surface area contributed by atoms with Gasteiger partial charge in [0.15, 0.2) is 5.58 Å². The first-order valence-corrected chi connectivity index (χ1v) is 4.38. The predicted molar refractivity (Wildman–Crippen MR) is 52.9 cm³/mol. The molecule has 0 unspecified atom stereocenters. The van der Waals surface area contributed by atoms with Crippen LogP contribution in [0.5, 0.6) is 0 Å². The van der Waals surface area contributed by atoms with Crippen molar-refractivity contribution in [2.45, 2.75) is 6.92 Å². The zero-order valence-corrected chi connectivity index (χ0v) is 8.13. The number of aromatic carboxylic acids is 1. The SMILES string of the molecule is Cc1ccc(Cl)c2occ(C(=O)O)c12. The van der Waals surface area contributed by atoms with E-state index < -0.39 is 5.97 Å².